The normalized spacial score (nSPS) is 10.3. The lowest BCUT2D eigenvalue weighted by Gasteiger charge is -2.09. The zero-order valence-corrected chi connectivity index (χ0v) is 11.7. The number of furan rings is 1. The summed E-state index contributed by atoms with van der Waals surface area (Å²) in [7, 11) is 1.28. The van der Waals surface area contributed by atoms with Gasteiger partial charge in [0.25, 0.3) is 0 Å². The molecular formula is C13H11BrFNO3. The first-order chi connectivity index (χ1) is 9.10. The number of hydrogen-bond acceptors (Lipinski definition) is 4. The van der Waals surface area contributed by atoms with Gasteiger partial charge in [-0.2, -0.15) is 0 Å². The average molecular weight is 328 g/mol. The van der Waals surface area contributed by atoms with Crippen LogP contribution < -0.4 is 5.32 Å². The molecule has 0 bridgehead atoms. The summed E-state index contributed by atoms with van der Waals surface area (Å²) in [6.07, 6.45) is 0. The summed E-state index contributed by atoms with van der Waals surface area (Å²) in [5.74, 6) is -0.300. The highest BCUT2D eigenvalue weighted by Crippen LogP contribution is 2.20. The second-order valence-corrected chi connectivity index (χ2v) is 4.52. The molecule has 0 aliphatic heterocycles. The summed E-state index contributed by atoms with van der Waals surface area (Å²) >= 11 is 3.19. The van der Waals surface area contributed by atoms with E-state index in [9.17, 15) is 9.18 Å². The van der Waals surface area contributed by atoms with E-state index in [1.165, 1.54) is 25.3 Å². The molecule has 4 nitrogen and oxygen atoms in total. The van der Waals surface area contributed by atoms with Crippen LogP contribution in [0.15, 0.2) is 39.4 Å². The van der Waals surface area contributed by atoms with Gasteiger partial charge in [-0.15, -0.1) is 0 Å². The van der Waals surface area contributed by atoms with E-state index in [4.69, 9.17) is 4.42 Å². The molecule has 2 rings (SSSR count). The fraction of sp³-hybridized carbons (Fsp3) is 0.154. The fourth-order valence-corrected chi connectivity index (χ4v) is 1.92. The Morgan fingerprint density at radius 3 is 2.84 bits per heavy atom. The molecule has 0 aliphatic rings. The summed E-state index contributed by atoms with van der Waals surface area (Å²) < 4.78 is 23.8. The van der Waals surface area contributed by atoms with Crippen LogP contribution in [0.2, 0.25) is 0 Å². The topological polar surface area (TPSA) is 51.5 Å². The van der Waals surface area contributed by atoms with Crippen molar-refractivity contribution in [1.29, 1.82) is 0 Å². The zero-order chi connectivity index (χ0) is 13.8. The van der Waals surface area contributed by atoms with Crippen LogP contribution in [-0.4, -0.2) is 13.1 Å². The highest BCUT2D eigenvalue weighted by atomic mass is 79.9. The Morgan fingerprint density at radius 1 is 1.42 bits per heavy atom. The minimum absolute atomic E-state index is 0.273. The van der Waals surface area contributed by atoms with E-state index in [0.717, 1.165) is 0 Å². The molecule has 0 atom stereocenters. The van der Waals surface area contributed by atoms with Gasteiger partial charge in [0, 0.05) is 0 Å². The first-order valence-corrected chi connectivity index (χ1v) is 6.25. The lowest BCUT2D eigenvalue weighted by molar-refractivity contribution is 0.0601. The molecule has 0 amide bonds. The van der Waals surface area contributed by atoms with Crippen LogP contribution in [-0.2, 0) is 11.3 Å². The van der Waals surface area contributed by atoms with Crippen molar-refractivity contribution >= 4 is 27.6 Å². The van der Waals surface area contributed by atoms with E-state index >= 15 is 0 Å². The Kier molecular flexibility index (Phi) is 4.21. The third-order valence-electron chi connectivity index (χ3n) is 2.47. The van der Waals surface area contributed by atoms with Crippen molar-refractivity contribution in [1.82, 2.24) is 0 Å². The van der Waals surface area contributed by atoms with Crippen molar-refractivity contribution in [2.24, 2.45) is 0 Å². The third-order valence-corrected chi connectivity index (χ3v) is 2.90. The highest BCUT2D eigenvalue weighted by molar-refractivity contribution is 9.10. The van der Waals surface area contributed by atoms with Gasteiger partial charge in [0.15, 0.2) is 4.67 Å². The van der Waals surface area contributed by atoms with Crippen molar-refractivity contribution in [3.8, 4) is 0 Å². The first-order valence-electron chi connectivity index (χ1n) is 5.46. The standard InChI is InChI=1S/C13H11BrFNO3/c1-18-13(17)10-4-2-8(15)6-11(10)16-7-9-3-5-12(14)19-9/h2-6,16H,7H2,1H3. The van der Waals surface area contributed by atoms with Crippen molar-refractivity contribution in [3.63, 3.8) is 0 Å². The molecule has 19 heavy (non-hydrogen) atoms. The average Bonchev–Trinajstić information content (AvgIpc) is 2.81. The van der Waals surface area contributed by atoms with Gasteiger partial charge >= 0.3 is 5.97 Å². The minimum Gasteiger partial charge on any atom is -0.465 e. The van der Waals surface area contributed by atoms with Crippen LogP contribution in [0.25, 0.3) is 0 Å². The fourth-order valence-electron chi connectivity index (χ4n) is 1.58. The summed E-state index contributed by atoms with van der Waals surface area (Å²) in [5, 5.41) is 2.94. The van der Waals surface area contributed by atoms with Crippen LogP contribution >= 0.6 is 15.9 Å². The van der Waals surface area contributed by atoms with Gasteiger partial charge in [-0.05, 0) is 46.3 Å². The second-order valence-electron chi connectivity index (χ2n) is 3.74. The number of halogens is 2. The minimum atomic E-state index is -0.525. The third kappa shape index (κ3) is 3.35. The second kappa shape index (κ2) is 5.88. The monoisotopic (exact) mass is 327 g/mol. The van der Waals surface area contributed by atoms with E-state index in [-0.39, 0.29) is 5.56 Å². The van der Waals surface area contributed by atoms with Gasteiger partial charge in [0.2, 0.25) is 0 Å². The number of carbonyl (C=O) groups excluding carboxylic acids is 1. The Morgan fingerprint density at radius 2 is 2.21 bits per heavy atom. The van der Waals surface area contributed by atoms with Crippen LogP contribution in [0.1, 0.15) is 16.1 Å². The number of esters is 1. The van der Waals surface area contributed by atoms with E-state index in [1.807, 2.05) is 0 Å². The molecule has 1 aromatic carbocycles. The molecule has 0 radical (unpaired) electrons. The smallest absolute Gasteiger partial charge is 0.339 e. The molecule has 6 heteroatoms. The number of carbonyl (C=O) groups is 1. The molecule has 0 fully saturated rings. The van der Waals surface area contributed by atoms with Crippen LogP contribution in [0, 0.1) is 5.82 Å². The molecule has 0 aliphatic carbocycles. The predicted octanol–water partition coefficient (Wildman–Crippen LogP) is 3.58. The largest absolute Gasteiger partial charge is 0.465 e. The molecule has 1 N–H and O–H groups in total. The molecule has 1 aromatic heterocycles. The molecule has 0 saturated carbocycles. The maximum atomic E-state index is 13.2. The number of rotatable bonds is 4. The maximum absolute atomic E-state index is 13.2. The number of hydrogen-bond donors (Lipinski definition) is 1. The predicted molar refractivity (Wildman–Crippen MR) is 71.5 cm³/mol. The summed E-state index contributed by atoms with van der Waals surface area (Å²) in [6.45, 7) is 0.332. The lowest BCUT2D eigenvalue weighted by atomic mass is 10.1. The van der Waals surface area contributed by atoms with E-state index < -0.39 is 11.8 Å². The number of ether oxygens (including phenoxy) is 1. The molecular weight excluding hydrogens is 317 g/mol. The van der Waals surface area contributed by atoms with Gasteiger partial charge in [-0.1, -0.05) is 0 Å². The first kappa shape index (κ1) is 13.6. The van der Waals surface area contributed by atoms with E-state index in [0.29, 0.717) is 22.7 Å². The molecule has 100 valence electrons. The molecule has 0 saturated heterocycles. The Balaban J connectivity index is 2.18. The van der Waals surface area contributed by atoms with Crippen molar-refractivity contribution < 1.29 is 18.3 Å². The van der Waals surface area contributed by atoms with Crippen LogP contribution in [0.3, 0.4) is 0 Å². The van der Waals surface area contributed by atoms with Crippen LogP contribution in [0.4, 0.5) is 10.1 Å². The van der Waals surface area contributed by atoms with E-state index in [2.05, 4.69) is 26.0 Å². The van der Waals surface area contributed by atoms with Crippen molar-refractivity contribution in [2.75, 3.05) is 12.4 Å². The van der Waals surface area contributed by atoms with Crippen LogP contribution in [0.5, 0.6) is 0 Å². The number of nitrogens with one attached hydrogen (secondary N) is 1. The number of anilines is 1. The van der Waals surface area contributed by atoms with E-state index in [1.54, 1.807) is 12.1 Å². The Labute approximate surface area is 117 Å². The van der Waals surface area contributed by atoms with Gasteiger partial charge in [-0.25, -0.2) is 9.18 Å². The van der Waals surface area contributed by atoms with Crippen molar-refractivity contribution in [3.05, 3.63) is 52.1 Å². The number of benzene rings is 1. The van der Waals surface area contributed by atoms with Gasteiger partial charge in [0.05, 0.1) is 24.9 Å². The maximum Gasteiger partial charge on any atom is 0.339 e. The SMILES string of the molecule is COC(=O)c1ccc(F)cc1NCc1ccc(Br)o1. The molecule has 1 heterocycles. The lowest BCUT2D eigenvalue weighted by Crippen LogP contribution is -2.08. The molecule has 0 unspecified atom stereocenters. The van der Waals surface area contributed by atoms with Gasteiger partial charge < -0.3 is 14.5 Å². The molecule has 2 aromatic rings. The van der Waals surface area contributed by atoms with Gasteiger partial charge in [-0.3, -0.25) is 0 Å². The Bertz CT molecular complexity index is 597. The molecule has 0 spiro atoms. The summed E-state index contributed by atoms with van der Waals surface area (Å²) in [4.78, 5) is 11.5. The van der Waals surface area contributed by atoms with Crippen molar-refractivity contribution in [2.45, 2.75) is 6.54 Å². The zero-order valence-electron chi connectivity index (χ0n) is 10.1. The number of methoxy groups -OCH3 is 1. The summed E-state index contributed by atoms with van der Waals surface area (Å²) in [5.41, 5.74) is 0.633. The Hall–Kier alpha value is -1.82. The van der Waals surface area contributed by atoms with Gasteiger partial charge in [0.1, 0.15) is 11.6 Å². The highest BCUT2D eigenvalue weighted by Gasteiger charge is 2.13. The summed E-state index contributed by atoms with van der Waals surface area (Å²) in [6, 6.07) is 7.35. The quantitative estimate of drug-likeness (QED) is 0.872.